The summed E-state index contributed by atoms with van der Waals surface area (Å²) in [6.45, 7) is 4.75. The van der Waals surface area contributed by atoms with Crippen molar-refractivity contribution in [2.75, 3.05) is 19.8 Å². The van der Waals surface area contributed by atoms with Crippen LogP contribution in [0.1, 0.15) is 26.7 Å². The van der Waals surface area contributed by atoms with E-state index in [9.17, 15) is 9.59 Å². The van der Waals surface area contributed by atoms with Crippen LogP contribution in [0.5, 0.6) is 0 Å². The van der Waals surface area contributed by atoms with Gasteiger partial charge >= 0.3 is 5.97 Å². The van der Waals surface area contributed by atoms with Crippen LogP contribution in [0.4, 0.5) is 0 Å². The van der Waals surface area contributed by atoms with Gasteiger partial charge in [0, 0.05) is 12.0 Å². The smallest absolute Gasteiger partial charge is 0.303 e. The quantitative estimate of drug-likeness (QED) is 0.720. The van der Waals surface area contributed by atoms with Crippen LogP contribution in [-0.2, 0) is 19.1 Å². The van der Waals surface area contributed by atoms with E-state index in [0.29, 0.717) is 19.6 Å². The van der Waals surface area contributed by atoms with E-state index in [0.717, 1.165) is 0 Å². The second kappa shape index (κ2) is 5.97. The van der Waals surface area contributed by atoms with Crippen LogP contribution in [0, 0.1) is 0 Å². The standard InChI is InChI=1S/C11H19NO5/c1-11(2,4-3-9(13)14)12-10(15)8-7-16-5-6-17-8/h8H,3-7H2,1-2H3,(H,12,15)(H,13,14). The first kappa shape index (κ1) is 13.9. The lowest BCUT2D eigenvalue weighted by Crippen LogP contribution is -2.51. The Morgan fingerprint density at radius 3 is 2.65 bits per heavy atom. The van der Waals surface area contributed by atoms with E-state index >= 15 is 0 Å². The molecule has 1 atom stereocenters. The van der Waals surface area contributed by atoms with Crippen LogP contribution < -0.4 is 5.32 Å². The highest BCUT2D eigenvalue weighted by molar-refractivity contribution is 5.81. The molecule has 0 aromatic carbocycles. The van der Waals surface area contributed by atoms with Crippen molar-refractivity contribution < 1.29 is 24.2 Å². The molecule has 1 amide bonds. The van der Waals surface area contributed by atoms with Crippen molar-refractivity contribution in [1.29, 1.82) is 0 Å². The summed E-state index contributed by atoms with van der Waals surface area (Å²) in [4.78, 5) is 22.3. The summed E-state index contributed by atoms with van der Waals surface area (Å²) in [5.41, 5.74) is -0.559. The molecular formula is C11H19NO5. The molecule has 6 nitrogen and oxygen atoms in total. The van der Waals surface area contributed by atoms with E-state index in [1.165, 1.54) is 0 Å². The van der Waals surface area contributed by atoms with Crippen LogP contribution in [0.2, 0.25) is 0 Å². The minimum absolute atomic E-state index is 0.0231. The average molecular weight is 245 g/mol. The van der Waals surface area contributed by atoms with Gasteiger partial charge in [0.25, 0.3) is 5.91 Å². The monoisotopic (exact) mass is 245 g/mol. The van der Waals surface area contributed by atoms with Crippen molar-refractivity contribution >= 4 is 11.9 Å². The van der Waals surface area contributed by atoms with Gasteiger partial charge in [-0.2, -0.15) is 0 Å². The Balaban J connectivity index is 2.39. The minimum Gasteiger partial charge on any atom is -0.481 e. The molecule has 2 N–H and O–H groups in total. The molecule has 1 unspecified atom stereocenters. The van der Waals surface area contributed by atoms with E-state index in [1.807, 2.05) is 0 Å². The molecule has 1 aliphatic heterocycles. The molecule has 98 valence electrons. The first-order chi connectivity index (χ1) is 7.91. The number of hydrogen-bond acceptors (Lipinski definition) is 4. The highest BCUT2D eigenvalue weighted by atomic mass is 16.6. The third kappa shape index (κ3) is 5.14. The molecule has 6 heteroatoms. The highest BCUT2D eigenvalue weighted by Gasteiger charge is 2.28. The third-order valence-electron chi connectivity index (χ3n) is 2.53. The Hall–Kier alpha value is -1.14. The number of ether oxygens (including phenoxy) is 2. The van der Waals surface area contributed by atoms with Crippen LogP contribution in [0.25, 0.3) is 0 Å². The van der Waals surface area contributed by atoms with Crippen LogP contribution in [0.15, 0.2) is 0 Å². The maximum Gasteiger partial charge on any atom is 0.303 e. The van der Waals surface area contributed by atoms with Crippen molar-refractivity contribution in [3.05, 3.63) is 0 Å². The SMILES string of the molecule is CC(C)(CCC(=O)O)NC(=O)C1COCCO1. The second-order valence-corrected chi connectivity index (χ2v) is 4.70. The molecule has 0 spiro atoms. The molecule has 0 aliphatic carbocycles. The van der Waals surface area contributed by atoms with Gasteiger partial charge in [-0.05, 0) is 20.3 Å². The minimum atomic E-state index is -0.871. The molecular weight excluding hydrogens is 226 g/mol. The molecule has 1 saturated heterocycles. The lowest BCUT2D eigenvalue weighted by atomic mass is 9.98. The van der Waals surface area contributed by atoms with Gasteiger partial charge in [-0.25, -0.2) is 0 Å². The summed E-state index contributed by atoms with van der Waals surface area (Å²) in [6.07, 6.45) is -0.190. The summed E-state index contributed by atoms with van der Waals surface area (Å²) in [6, 6.07) is 0. The van der Waals surface area contributed by atoms with Gasteiger partial charge in [0.1, 0.15) is 0 Å². The first-order valence-electron chi connectivity index (χ1n) is 5.64. The Morgan fingerprint density at radius 2 is 2.12 bits per heavy atom. The molecule has 1 heterocycles. The van der Waals surface area contributed by atoms with Crippen molar-refractivity contribution in [2.24, 2.45) is 0 Å². The summed E-state index contributed by atoms with van der Waals surface area (Å²) in [5, 5.41) is 11.4. The number of carboxylic acid groups (broad SMARTS) is 1. The maximum atomic E-state index is 11.8. The van der Waals surface area contributed by atoms with Crippen LogP contribution in [0.3, 0.4) is 0 Å². The summed E-state index contributed by atoms with van der Waals surface area (Å²) in [5.74, 6) is -1.12. The molecule has 17 heavy (non-hydrogen) atoms. The molecule has 0 bridgehead atoms. The highest BCUT2D eigenvalue weighted by Crippen LogP contribution is 2.12. The van der Waals surface area contributed by atoms with E-state index in [-0.39, 0.29) is 18.9 Å². The lowest BCUT2D eigenvalue weighted by Gasteiger charge is -2.29. The van der Waals surface area contributed by atoms with Gasteiger partial charge in [-0.1, -0.05) is 0 Å². The predicted octanol–water partition coefficient (Wildman–Crippen LogP) is 0.161. The van der Waals surface area contributed by atoms with Crippen LogP contribution in [-0.4, -0.2) is 48.4 Å². The molecule has 0 aromatic rings. The Labute approximate surface area is 100 Å². The third-order valence-corrected chi connectivity index (χ3v) is 2.53. The number of carbonyl (C=O) groups is 2. The fourth-order valence-electron chi connectivity index (χ4n) is 1.54. The number of rotatable bonds is 5. The van der Waals surface area contributed by atoms with Crippen molar-refractivity contribution in [1.82, 2.24) is 5.32 Å². The van der Waals surface area contributed by atoms with Gasteiger partial charge in [-0.15, -0.1) is 0 Å². The van der Waals surface area contributed by atoms with E-state index < -0.39 is 17.6 Å². The second-order valence-electron chi connectivity index (χ2n) is 4.70. The van der Waals surface area contributed by atoms with Gasteiger partial charge < -0.3 is 19.9 Å². The fourth-order valence-corrected chi connectivity index (χ4v) is 1.54. The molecule has 1 rings (SSSR count). The normalized spacial score (nSPS) is 20.9. The summed E-state index contributed by atoms with van der Waals surface area (Å²) >= 11 is 0. The summed E-state index contributed by atoms with van der Waals surface area (Å²) < 4.78 is 10.4. The predicted molar refractivity (Wildman–Crippen MR) is 59.7 cm³/mol. The number of nitrogens with one attached hydrogen (secondary N) is 1. The first-order valence-corrected chi connectivity index (χ1v) is 5.64. The molecule has 0 aromatic heterocycles. The number of hydrogen-bond donors (Lipinski definition) is 2. The fraction of sp³-hybridized carbons (Fsp3) is 0.818. The van der Waals surface area contributed by atoms with Crippen LogP contribution >= 0.6 is 0 Å². The van der Waals surface area contributed by atoms with Gasteiger partial charge in [0.05, 0.1) is 19.8 Å². The molecule has 1 aliphatic rings. The summed E-state index contributed by atoms with van der Waals surface area (Å²) in [7, 11) is 0. The van der Waals surface area contributed by atoms with E-state index in [4.69, 9.17) is 14.6 Å². The number of amides is 1. The number of carboxylic acids is 1. The van der Waals surface area contributed by atoms with E-state index in [1.54, 1.807) is 13.8 Å². The zero-order chi connectivity index (χ0) is 12.9. The Kier molecular flexibility index (Phi) is 4.89. The zero-order valence-corrected chi connectivity index (χ0v) is 10.2. The topological polar surface area (TPSA) is 84.9 Å². The van der Waals surface area contributed by atoms with E-state index in [2.05, 4.69) is 5.32 Å². The zero-order valence-electron chi connectivity index (χ0n) is 10.2. The number of carbonyl (C=O) groups excluding carboxylic acids is 1. The maximum absolute atomic E-state index is 11.8. The van der Waals surface area contributed by atoms with Crippen molar-refractivity contribution in [3.8, 4) is 0 Å². The average Bonchev–Trinajstić information content (AvgIpc) is 2.27. The lowest BCUT2D eigenvalue weighted by molar-refractivity contribution is -0.149. The van der Waals surface area contributed by atoms with Crippen molar-refractivity contribution in [3.63, 3.8) is 0 Å². The molecule has 0 radical (unpaired) electrons. The van der Waals surface area contributed by atoms with Gasteiger partial charge in [0.15, 0.2) is 6.10 Å². The van der Waals surface area contributed by atoms with Gasteiger partial charge in [0.2, 0.25) is 0 Å². The van der Waals surface area contributed by atoms with Gasteiger partial charge in [-0.3, -0.25) is 9.59 Å². The molecule has 0 saturated carbocycles. The molecule has 1 fully saturated rings. The number of aliphatic carboxylic acids is 1. The van der Waals surface area contributed by atoms with Crippen molar-refractivity contribution in [2.45, 2.75) is 38.3 Å². The Morgan fingerprint density at radius 1 is 1.41 bits per heavy atom. The Bertz CT molecular complexity index is 284. The largest absolute Gasteiger partial charge is 0.481 e.